The first-order valence-corrected chi connectivity index (χ1v) is 8.99. The van der Waals surface area contributed by atoms with Crippen molar-refractivity contribution < 1.29 is 9.59 Å². The summed E-state index contributed by atoms with van der Waals surface area (Å²) in [4.78, 5) is 28.3. The zero-order chi connectivity index (χ0) is 17.4. The molecule has 0 radical (unpaired) electrons. The molecule has 0 unspecified atom stereocenters. The van der Waals surface area contributed by atoms with Crippen LogP contribution in [0.15, 0.2) is 0 Å². The number of likely N-dealkylation sites (N-methyl/N-ethyl adjacent to an activating group) is 2. The first-order valence-electron chi connectivity index (χ1n) is 8.99. The topological polar surface area (TPSA) is 71.2 Å². The maximum Gasteiger partial charge on any atom is 0.234 e. The van der Waals surface area contributed by atoms with E-state index in [0.717, 1.165) is 65.2 Å². The van der Waals surface area contributed by atoms with Gasteiger partial charge in [0.1, 0.15) is 0 Å². The number of hydrazine groups is 2. The molecule has 0 aromatic carbocycles. The summed E-state index contributed by atoms with van der Waals surface area (Å²) in [5.74, 6) is 0.109. The number of hydrogen-bond donors (Lipinski definition) is 2. The maximum absolute atomic E-state index is 11.9. The third-order valence-electron chi connectivity index (χ3n) is 4.63. The average molecular weight is 340 g/mol. The van der Waals surface area contributed by atoms with Crippen molar-refractivity contribution in [3.63, 3.8) is 0 Å². The summed E-state index contributed by atoms with van der Waals surface area (Å²) in [6.07, 6.45) is 2.45. The summed E-state index contributed by atoms with van der Waals surface area (Å²) in [5.41, 5.74) is 5.90. The van der Waals surface area contributed by atoms with Crippen molar-refractivity contribution in [3.05, 3.63) is 0 Å². The number of nitrogens with zero attached hydrogens (tertiary/aromatic N) is 4. The van der Waals surface area contributed by atoms with Gasteiger partial charge in [-0.25, -0.2) is 10.0 Å². The maximum atomic E-state index is 11.9. The molecular formula is C16H32N6O2. The number of carbonyl (C=O) groups is 2. The van der Waals surface area contributed by atoms with Gasteiger partial charge in [-0.15, -0.1) is 0 Å². The molecule has 2 heterocycles. The zero-order valence-corrected chi connectivity index (χ0v) is 15.1. The molecule has 2 aliphatic rings. The summed E-state index contributed by atoms with van der Waals surface area (Å²) in [7, 11) is 4.18. The average Bonchev–Trinajstić information content (AvgIpc) is 2.56. The lowest BCUT2D eigenvalue weighted by Gasteiger charge is -2.32. The summed E-state index contributed by atoms with van der Waals surface area (Å²) in [6.45, 7) is 7.40. The van der Waals surface area contributed by atoms with Crippen molar-refractivity contribution in [2.45, 2.75) is 25.7 Å². The highest BCUT2D eigenvalue weighted by atomic mass is 16.2. The molecule has 8 heteroatoms. The number of rotatable bonds is 7. The standard InChI is InChI=1S/C16H32N6O2/c1-19-7-11-21(12-8-19)17-15(23)5-3-4-6-16(24)18-22-13-9-20(2)10-14-22/h3-14H2,1-2H3,(H,17,23)(H,18,24). The van der Waals surface area contributed by atoms with E-state index in [9.17, 15) is 9.59 Å². The molecule has 138 valence electrons. The molecule has 0 atom stereocenters. The molecule has 0 aromatic heterocycles. The fraction of sp³-hybridized carbons (Fsp3) is 0.875. The molecular weight excluding hydrogens is 308 g/mol. The Hall–Kier alpha value is -1.22. The number of hydrogen-bond acceptors (Lipinski definition) is 6. The minimum absolute atomic E-state index is 0.0547. The van der Waals surface area contributed by atoms with E-state index in [1.807, 2.05) is 10.0 Å². The SMILES string of the molecule is CN1CCN(NC(=O)CCCCC(=O)NN2CCN(C)CC2)CC1. The number of carbonyl (C=O) groups excluding carboxylic acids is 2. The molecule has 2 saturated heterocycles. The lowest BCUT2D eigenvalue weighted by Crippen LogP contribution is -2.52. The monoisotopic (exact) mass is 340 g/mol. The van der Waals surface area contributed by atoms with Crippen molar-refractivity contribution in [1.29, 1.82) is 0 Å². The van der Waals surface area contributed by atoms with Crippen LogP contribution in [0.1, 0.15) is 25.7 Å². The Morgan fingerprint density at radius 1 is 0.667 bits per heavy atom. The first kappa shape index (κ1) is 19.1. The lowest BCUT2D eigenvalue weighted by atomic mass is 10.2. The van der Waals surface area contributed by atoms with Crippen LogP contribution in [0.25, 0.3) is 0 Å². The lowest BCUT2D eigenvalue weighted by molar-refractivity contribution is -0.128. The van der Waals surface area contributed by atoms with E-state index >= 15 is 0 Å². The third-order valence-corrected chi connectivity index (χ3v) is 4.63. The van der Waals surface area contributed by atoms with E-state index in [4.69, 9.17) is 0 Å². The van der Waals surface area contributed by atoms with E-state index in [2.05, 4.69) is 34.7 Å². The van der Waals surface area contributed by atoms with Crippen molar-refractivity contribution in [2.75, 3.05) is 66.5 Å². The van der Waals surface area contributed by atoms with Gasteiger partial charge in [0.25, 0.3) is 0 Å². The molecule has 0 saturated carbocycles. The summed E-state index contributed by atoms with van der Waals surface area (Å²) in [5, 5.41) is 3.98. The van der Waals surface area contributed by atoms with E-state index in [-0.39, 0.29) is 11.8 Å². The predicted molar refractivity (Wildman–Crippen MR) is 92.9 cm³/mol. The van der Waals surface area contributed by atoms with Gasteiger partial charge in [-0.1, -0.05) is 0 Å². The molecule has 2 amide bonds. The Bertz CT molecular complexity index is 365. The highest BCUT2D eigenvalue weighted by molar-refractivity contribution is 5.76. The van der Waals surface area contributed by atoms with Gasteiger partial charge in [-0.05, 0) is 26.9 Å². The van der Waals surface area contributed by atoms with Gasteiger partial charge in [-0.2, -0.15) is 0 Å². The number of unbranched alkanes of at least 4 members (excludes halogenated alkanes) is 1. The van der Waals surface area contributed by atoms with Crippen molar-refractivity contribution >= 4 is 11.8 Å². The van der Waals surface area contributed by atoms with E-state index in [1.165, 1.54) is 0 Å². The molecule has 0 aromatic rings. The molecule has 0 bridgehead atoms. The molecule has 2 aliphatic heterocycles. The molecule has 2 rings (SSSR count). The van der Waals surface area contributed by atoms with E-state index in [1.54, 1.807) is 0 Å². The Morgan fingerprint density at radius 2 is 1.00 bits per heavy atom. The van der Waals surface area contributed by atoms with Crippen LogP contribution < -0.4 is 10.9 Å². The van der Waals surface area contributed by atoms with Gasteiger partial charge in [0.2, 0.25) is 11.8 Å². The number of nitrogens with one attached hydrogen (secondary N) is 2. The first-order chi connectivity index (χ1) is 11.5. The van der Waals surface area contributed by atoms with Crippen LogP contribution in [0.5, 0.6) is 0 Å². The molecule has 8 nitrogen and oxygen atoms in total. The van der Waals surface area contributed by atoms with Crippen LogP contribution in [0, 0.1) is 0 Å². The third kappa shape index (κ3) is 7.12. The summed E-state index contributed by atoms with van der Waals surface area (Å²) < 4.78 is 0. The summed E-state index contributed by atoms with van der Waals surface area (Å²) in [6, 6.07) is 0. The van der Waals surface area contributed by atoms with Crippen LogP contribution in [0.2, 0.25) is 0 Å². The van der Waals surface area contributed by atoms with Gasteiger partial charge in [0.15, 0.2) is 0 Å². The molecule has 2 N–H and O–H groups in total. The largest absolute Gasteiger partial charge is 0.304 e. The highest BCUT2D eigenvalue weighted by Crippen LogP contribution is 2.03. The molecule has 24 heavy (non-hydrogen) atoms. The van der Waals surface area contributed by atoms with Gasteiger partial charge in [0, 0.05) is 65.2 Å². The fourth-order valence-electron chi connectivity index (χ4n) is 2.87. The minimum atomic E-state index is 0.0547. The quantitative estimate of drug-likeness (QED) is 0.586. The Balaban J connectivity index is 1.49. The van der Waals surface area contributed by atoms with Crippen molar-refractivity contribution in [2.24, 2.45) is 0 Å². The zero-order valence-electron chi connectivity index (χ0n) is 15.1. The molecule has 0 spiro atoms. The smallest absolute Gasteiger partial charge is 0.234 e. The van der Waals surface area contributed by atoms with Gasteiger partial charge < -0.3 is 9.80 Å². The van der Waals surface area contributed by atoms with Crippen LogP contribution in [0.4, 0.5) is 0 Å². The number of amides is 2. The van der Waals surface area contributed by atoms with Crippen LogP contribution in [-0.4, -0.2) is 98.1 Å². The highest BCUT2D eigenvalue weighted by Gasteiger charge is 2.17. The van der Waals surface area contributed by atoms with Gasteiger partial charge in [-0.3, -0.25) is 20.4 Å². The number of piperazine rings is 2. The second-order valence-corrected chi connectivity index (χ2v) is 6.86. The van der Waals surface area contributed by atoms with E-state index in [0.29, 0.717) is 12.8 Å². The van der Waals surface area contributed by atoms with Crippen LogP contribution >= 0.6 is 0 Å². The van der Waals surface area contributed by atoms with E-state index < -0.39 is 0 Å². The predicted octanol–water partition coefficient (Wildman–Crippen LogP) is -0.896. The van der Waals surface area contributed by atoms with Crippen molar-refractivity contribution in [1.82, 2.24) is 30.7 Å². The van der Waals surface area contributed by atoms with Crippen LogP contribution in [-0.2, 0) is 9.59 Å². The van der Waals surface area contributed by atoms with Crippen LogP contribution in [0.3, 0.4) is 0 Å². The van der Waals surface area contributed by atoms with Crippen molar-refractivity contribution in [3.8, 4) is 0 Å². The second-order valence-electron chi connectivity index (χ2n) is 6.86. The fourth-order valence-corrected chi connectivity index (χ4v) is 2.87. The Morgan fingerprint density at radius 3 is 1.33 bits per heavy atom. The minimum Gasteiger partial charge on any atom is -0.304 e. The summed E-state index contributed by atoms with van der Waals surface area (Å²) >= 11 is 0. The van der Waals surface area contributed by atoms with Gasteiger partial charge in [0.05, 0.1) is 0 Å². The Kier molecular flexibility index (Phi) is 7.90. The molecule has 0 aliphatic carbocycles. The molecule has 2 fully saturated rings. The normalized spacial score (nSPS) is 21.6. The van der Waals surface area contributed by atoms with Gasteiger partial charge >= 0.3 is 0 Å². The Labute approximate surface area is 145 Å². The second kappa shape index (κ2) is 9.93.